The number of amides is 2. The van der Waals surface area contributed by atoms with Gasteiger partial charge in [-0.3, -0.25) is 0 Å². The number of anilines is 1. The van der Waals surface area contributed by atoms with E-state index in [2.05, 4.69) is 17.5 Å². The first-order valence-electron chi connectivity index (χ1n) is 8.60. The molecule has 24 heavy (non-hydrogen) atoms. The maximum Gasteiger partial charge on any atom is 0.321 e. The predicted octanol–water partition coefficient (Wildman–Crippen LogP) is 3.45. The Morgan fingerprint density at radius 2 is 1.92 bits per heavy atom. The van der Waals surface area contributed by atoms with Crippen LogP contribution in [0.3, 0.4) is 0 Å². The van der Waals surface area contributed by atoms with E-state index in [4.69, 9.17) is 9.47 Å². The zero-order valence-corrected chi connectivity index (χ0v) is 14.5. The van der Waals surface area contributed by atoms with E-state index in [9.17, 15) is 4.79 Å². The number of hydrogen-bond acceptors (Lipinski definition) is 3. The number of likely N-dealkylation sites (tertiary alicyclic amines) is 1. The minimum absolute atomic E-state index is 0.0372. The topological polar surface area (TPSA) is 50.8 Å². The van der Waals surface area contributed by atoms with Crippen molar-refractivity contribution in [2.75, 3.05) is 38.7 Å². The Kier molecular flexibility index (Phi) is 5.41. The van der Waals surface area contributed by atoms with Gasteiger partial charge in [0.25, 0.3) is 0 Å². The Morgan fingerprint density at radius 3 is 2.58 bits per heavy atom. The van der Waals surface area contributed by atoms with Crippen LogP contribution < -0.4 is 10.1 Å². The van der Waals surface area contributed by atoms with Crippen LogP contribution in [-0.2, 0) is 4.74 Å². The number of nitrogens with zero attached hydrogens (tertiary/aromatic N) is 1. The summed E-state index contributed by atoms with van der Waals surface area (Å²) in [6.45, 7) is 4.66. The fourth-order valence-electron chi connectivity index (χ4n) is 3.46. The quantitative estimate of drug-likeness (QED) is 0.664. The molecular weight excluding hydrogens is 304 g/mol. The summed E-state index contributed by atoms with van der Waals surface area (Å²) in [5.74, 6) is 1.91. The van der Waals surface area contributed by atoms with E-state index in [0.717, 1.165) is 37.2 Å². The molecule has 2 amide bonds. The molecule has 1 aromatic carbocycles. The van der Waals surface area contributed by atoms with Crippen LogP contribution >= 0.6 is 0 Å². The fourth-order valence-corrected chi connectivity index (χ4v) is 3.46. The van der Waals surface area contributed by atoms with Crippen molar-refractivity contribution >= 4 is 11.7 Å². The van der Waals surface area contributed by atoms with Gasteiger partial charge in [-0.25, -0.2) is 4.79 Å². The van der Waals surface area contributed by atoms with Crippen molar-refractivity contribution in [1.82, 2.24) is 4.90 Å². The average Bonchev–Trinajstić information content (AvgIpc) is 3.01. The third kappa shape index (κ3) is 3.90. The summed E-state index contributed by atoms with van der Waals surface area (Å²) in [5.41, 5.74) is 1.81. The van der Waals surface area contributed by atoms with Crippen LogP contribution in [0, 0.1) is 18.8 Å². The number of ether oxygens (including phenoxy) is 2. The Morgan fingerprint density at radius 1 is 1.21 bits per heavy atom. The number of urea groups is 1. The van der Waals surface area contributed by atoms with Gasteiger partial charge in [-0.2, -0.15) is 0 Å². The summed E-state index contributed by atoms with van der Waals surface area (Å²) in [7, 11) is 1.64. The molecule has 5 heteroatoms. The van der Waals surface area contributed by atoms with Crippen molar-refractivity contribution < 1.29 is 14.3 Å². The van der Waals surface area contributed by atoms with Crippen molar-refractivity contribution in [3.05, 3.63) is 35.9 Å². The van der Waals surface area contributed by atoms with Crippen molar-refractivity contribution in [1.29, 1.82) is 0 Å². The zero-order valence-electron chi connectivity index (χ0n) is 14.5. The first-order chi connectivity index (χ1) is 11.7. The van der Waals surface area contributed by atoms with E-state index in [-0.39, 0.29) is 6.03 Å². The van der Waals surface area contributed by atoms with Crippen molar-refractivity contribution in [2.24, 2.45) is 11.8 Å². The van der Waals surface area contributed by atoms with Crippen LogP contribution in [0.1, 0.15) is 18.4 Å². The largest absolute Gasteiger partial charge is 0.489 e. The minimum Gasteiger partial charge on any atom is -0.489 e. The number of hydrogen-bond donors (Lipinski definition) is 1. The number of carbonyl (C=O) groups excluding carboxylic acids is 1. The Hall–Kier alpha value is -2.01. The molecule has 1 aliphatic heterocycles. The van der Waals surface area contributed by atoms with Crippen LogP contribution in [0.4, 0.5) is 10.5 Å². The lowest BCUT2D eigenvalue weighted by Crippen LogP contribution is -2.33. The summed E-state index contributed by atoms with van der Waals surface area (Å²) in [6.07, 6.45) is 6.66. The molecule has 130 valence electrons. The molecule has 0 unspecified atom stereocenters. The van der Waals surface area contributed by atoms with E-state index < -0.39 is 0 Å². The van der Waals surface area contributed by atoms with Crippen LogP contribution in [0.2, 0.25) is 0 Å². The van der Waals surface area contributed by atoms with Crippen LogP contribution in [0.15, 0.2) is 30.4 Å². The molecule has 1 saturated heterocycles. The van der Waals surface area contributed by atoms with Crippen molar-refractivity contribution in [3.8, 4) is 5.75 Å². The average molecular weight is 330 g/mol. The van der Waals surface area contributed by atoms with E-state index in [1.54, 1.807) is 7.11 Å². The highest BCUT2D eigenvalue weighted by Gasteiger charge is 2.35. The van der Waals surface area contributed by atoms with E-state index in [1.807, 2.05) is 30.0 Å². The molecule has 5 nitrogen and oxygen atoms in total. The second-order valence-electron chi connectivity index (χ2n) is 6.64. The molecule has 3 rings (SSSR count). The highest BCUT2D eigenvalue weighted by atomic mass is 16.5. The van der Waals surface area contributed by atoms with Crippen molar-refractivity contribution in [3.63, 3.8) is 0 Å². The molecule has 0 spiro atoms. The van der Waals surface area contributed by atoms with Crippen LogP contribution in [0.5, 0.6) is 5.75 Å². The molecular formula is C19H26N2O3. The first-order valence-corrected chi connectivity index (χ1v) is 8.60. The molecule has 0 aromatic heterocycles. The molecule has 1 heterocycles. The number of allylic oxidation sites excluding steroid dienone is 2. The number of nitrogens with one attached hydrogen (secondary N) is 1. The summed E-state index contributed by atoms with van der Waals surface area (Å²) >= 11 is 0. The number of methoxy groups -OCH3 is 1. The van der Waals surface area contributed by atoms with Crippen LogP contribution in [-0.4, -0.2) is 44.3 Å². The molecule has 1 aliphatic carbocycles. The molecule has 2 aliphatic rings. The summed E-state index contributed by atoms with van der Waals surface area (Å²) in [5, 5.41) is 3.02. The standard InChI is InChI=1S/C19H26N2O3/c1-14-7-8-17(18(11-14)24-10-9-23-2)20-19(22)21-12-15-5-3-4-6-16(15)13-21/h3-4,7-8,11,15-16H,5-6,9-10,12-13H2,1-2H3,(H,20,22)/t15-,16-/m0/s1. The van der Waals surface area contributed by atoms with Gasteiger partial charge in [-0.1, -0.05) is 18.2 Å². The lowest BCUT2D eigenvalue weighted by Gasteiger charge is -2.19. The fraction of sp³-hybridized carbons (Fsp3) is 0.526. The van der Waals surface area contributed by atoms with Gasteiger partial charge in [0.15, 0.2) is 0 Å². The number of rotatable bonds is 5. The van der Waals surface area contributed by atoms with Gasteiger partial charge in [0, 0.05) is 20.2 Å². The number of carbonyl (C=O) groups is 1. The maximum absolute atomic E-state index is 12.6. The SMILES string of the molecule is COCCOc1cc(C)ccc1NC(=O)N1C[C@@H]2CC=CC[C@H]2C1. The third-order valence-corrected chi connectivity index (χ3v) is 4.83. The summed E-state index contributed by atoms with van der Waals surface area (Å²) in [6, 6.07) is 5.79. The van der Waals surface area contributed by atoms with Gasteiger partial charge < -0.3 is 19.7 Å². The Bertz CT molecular complexity index is 599. The molecule has 1 fully saturated rings. The minimum atomic E-state index is -0.0372. The lowest BCUT2D eigenvalue weighted by atomic mass is 9.86. The second-order valence-corrected chi connectivity index (χ2v) is 6.64. The number of aryl methyl sites for hydroxylation is 1. The van der Waals surface area contributed by atoms with Crippen molar-refractivity contribution in [2.45, 2.75) is 19.8 Å². The zero-order chi connectivity index (χ0) is 16.9. The Balaban J connectivity index is 1.63. The lowest BCUT2D eigenvalue weighted by molar-refractivity contribution is 0.146. The molecule has 0 radical (unpaired) electrons. The van der Waals surface area contributed by atoms with E-state index >= 15 is 0 Å². The maximum atomic E-state index is 12.6. The van der Waals surface area contributed by atoms with Gasteiger partial charge in [0.05, 0.1) is 12.3 Å². The van der Waals surface area contributed by atoms with E-state index in [0.29, 0.717) is 30.8 Å². The van der Waals surface area contributed by atoms with Gasteiger partial charge in [-0.05, 0) is 49.3 Å². The summed E-state index contributed by atoms with van der Waals surface area (Å²) < 4.78 is 10.8. The van der Waals surface area contributed by atoms with Gasteiger partial charge in [-0.15, -0.1) is 0 Å². The predicted molar refractivity (Wildman–Crippen MR) is 94.5 cm³/mol. The van der Waals surface area contributed by atoms with Gasteiger partial charge >= 0.3 is 6.03 Å². The first kappa shape index (κ1) is 16.8. The van der Waals surface area contributed by atoms with E-state index in [1.165, 1.54) is 0 Å². The molecule has 1 aromatic rings. The molecule has 1 N–H and O–H groups in total. The highest BCUT2D eigenvalue weighted by Crippen LogP contribution is 2.33. The second kappa shape index (κ2) is 7.71. The summed E-state index contributed by atoms with van der Waals surface area (Å²) in [4.78, 5) is 14.6. The normalized spacial score (nSPS) is 22.3. The highest BCUT2D eigenvalue weighted by molar-refractivity contribution is 5.91. The van der Waals surface area contributed by atoms with Gasteiger partial charge in [0.2, 0.25) is 0 Å². The monoisotopic (exact) mass is 330 g/mol. The number of benzene rings is 1. The molecule has 0 saturated carbocycles. The van der Waals surface area contributed by atoms with Gasteiger partial charge in [0.1, 0.15) is 12.4 Å². The smallest absolute Gasteiger partial charge is 0.321 e. The molecule has 0 bridgehead atoms. The third-order valence-electron chi connectivity index (χ3n) is 4.83. The molecule has 2 atom stereocenters. The number of fused-ring (bicyclic) bond motifs is 1. The Labute approximate surface area is 143 Å². The van der Waals surface area contributed by atoms with Crippen LogP contribution in [0.25, 0.3) is 0 Å².